The molecule has 0 bridgehead atoms. The fourth-order valence-electron chi connectivity index (χ4n) is 2.51. The zero-order valence-electron chi connectivity index (χ0n) is 11.7. The molecule has 0 spiro atoms. The van der Waals surface area contributed by atoms with Crippen LogP contribution in [0.2, 0.25) is 0 Å². The quantitative estimate of drug-likeness (QED) is 0.864. The van der Waals surface area contributed by atoms with E-state index in [2.05, 4.69) is 0 Å². The Morgan fingerprint density at radius 3 is 2.42 bits per heavy atom. The molecule has 2 unspecified atom stereocenters. The summed E-state index contributed by atoms with van der Waals surface area (Å²) in [6.07, 6.45) is 0.719. The molecular formula is C15H22ClNO2. The monoisotopic (exact) mass is 283 g/mol. The highest BCUT2D eigenvalue weighted by Gasteiger charge is 2.61. The number of benzene rings is 1. The van der Waals surface area contributed by atoms with Crippen LogP contribution in [0.3, 0.4) is 0 Å². The Morgan fingerprint density at radius 2 is 2.00 bits per heavy atom. The smallest absolute Gasteiger partial charge is 0.317 e. The van der Waals surface area contributed by atoms with Crippen molar-refractivity contribution < 1.29 is 9.53 Å². The fourth-order valence-corrected chi connectivity index (χ4v) is 2.51. The first kappa shape index (κ1) is 16.0. The van der Waals surface area contributed by atoms with Crippen molar-refractivity contribution in [3.63, 3.8) is 0 Å². The Kier molecular flexibility index (Phi) is 4.99. The minimum atomic E-state index is -0.493. The maximum Gasteiger partial charge on any atom is 0.317 e. The van der Waals surface area contributed by atoms with E-state index >= 15 is 0 Å². The van der Waals surface area contributed by atoms with Crippen molar-refractivity contribution in [2.24, 2.45) is 11.7 Å². The van der Waals surface area contributed by atoms with E-state index in [4.69, 9.17) is 10.5 Å². The van der Waals surface area contributed by atoms with Crippen LogP contribution in [0.1, 0.15) is 31.4 Å². The molecule has 1 aliphatic rings. The SMILES string of the molecule is Cc1ccc(C2(C(=O)OC(C)C)CC2CN)cc1.Cl. The highest BCUT2D eigenvalue weighted by atomic mass is 35.5. The molecule has 1 aromatic rings. The summed E-state index contributed by atoms with van der Waals surface area (Å²) >= 11 is 0. The highest BCUT2D eigenvalue weighted by Crippen LogP contribution is 2.54. The Hall–Kier alpha value is -1.06. The zero-order chi connectivity index (χ0) is 13.3. The van der Waals surface area contributed by atoms with Gasteiger partial charge in [0, 0.05) is 0 Å². The molecule has 1 aromatic carbocycles. The van der Waals surface area contributed by atoms with Crippen LogP contribution >= 0.6 is 12.4 Å². The van der Waals surface area contributed by atoms with Gasteiger partial charge in [0.1, 0.15) is 0 Å². The molecule has 3 nitrogen and oxygen atoms in total. The van der Waals surface area contributed by atoms with Gasteiger partial charge in [0.2, 0.25) is 0 Å². The van der Waals surface area contributed by atoms with Gasteiger partial charge in [-0.3, -0.25) is 4.79 Å². The molecule has 0 amide bonds. The molecule has 106 valence electrons. The number of halogens is 1. The minimum Gasteiger partial charge on any atom is -0.462 e. The number of nitrogens with two attached hydrogens (primary N) is 1. The van der Waals surface area contributed by atoms with E-state index < -0.39 is 5.41 Å². The van der Waals surface area contributed by atoms with Crippen LogP contribution in [0.15, 0.2) is 24.3 Å². The first-order valence-electron chi connectivity index (χ1n) is 6.49. The topological polar surface area (TPSA) is 52.3 Å². The number of carbonyl (C=O) groups excluding carboxylic acids is 1. The van der Waals surface area contributed by atoms with Crippen molar-refractivity contribution in [2.75, 3.05) is 6.54 Å². The van der Waals surface area contributed by atoms with E-state index in [-0.39, 0.29) is 30.4 Å². The van der Waals surface area contributed by atoms with Gasteiger partial charge in [-0.15, -0.1) is 12.4 Å². The summed E-state index contributed by atoms with van der Waals surface area (Å²) in [7, 11) is 0. The van der Waals surface area contributed by atoms with Crippen molar-refractivity contribution in [1.29, 1.82) is 0 Å². The van der Waals surface area contributed by atoms with Gasteiger partial charge in [-0.2, -0.15) is 0 Å². The minimum absolute atomic E-state index is 0. The molecule has 19 heavy (non-hydrogen) atoms. The summed E-state index contributed by atoms with van der Waals surface area (Å²) in [4.78, 5) is 12.3. The van der Waals surface area contributed by atoms with Crippen LogP contribution in [-0.4, -0.2) is 18.6 Å². The molecule has 0 radical (unpaired) electrons. The maximum absolute atomic E-state index is 12.3. The standard InChI is InChI=1S/C15H21NO2.ClH/c1-10(2)18-14(17)15(8-13(15)9-16)12-6-4-11(3)5-7-12;/h4-7,10,13H,8-9,16H2,1-3H3;1H. The summed E-state index contributed by atoms with van der Waals surface area (Å²) in [6.45, 7) is 6.32. The van der Waals surface area contributed by atoms with Crippen molar-refractivity contribution >= 4 is 18.4 Å². The molecule has 1 fully saturated rings. The van der Waals surface area contributed by atoms with E-state index in [1.54, 1.807) is 0 Å². The van der Waals surface area contributed by atoms with Gasteiger partial charge >= 0.3 is 5.97 Å². The molecule has 2 rings (SSSR count). The van der Waals surface area contributed by atoms with Crippen molar-refractivity contribution in [3.05, 3.63) is 35.4 Å². The van der Waals surface area contributed by atoms with E-state index in [1.807, 2.05) is 45.0 Å². The van der Waals surface area contributed by atoms with Gasteiger partial charge < -0.3 is 10.5 Å². The predicted molar refractivity (Wildman–Crippen MR) is 78.5 cm³/mol. The lowest BCUT2D eigenvalue weighted by atomic mass is 9.92. The summed E-state index contributed by atoms with van der Waals surface area (Å²) in [6, 6.07) is 8.11. The van der Waals surface area contributed by atoms with Crippen molar-refractivity contribution in [2.45, 2.75) is 38.7 Å². The molecule has 0 aromatic heterocycles. The summed E-state index contributed by atoms with van der Waals surface area (Å²) in [5, 5.41) is 0. The third-order valence-electron chi connectivity index (χ3n) is 3.66. The molecule has 0 aliphatic heterocycles. The van der Waals surface area contributed by atoms with Gasteiger partial charge in [-0.1, -0.05) is 29.8 Å². The van der Waals surface area contributed by atoms with Crippen LogP contribution in [0.4, 0.5) is 0 Å². The third kappa shape index (κ3) is 2.93. The van der Waals surface area contributed by atoms with Gasteiger partial charge in [-0.05, 0) is 45.2 Å². The molecule has 0 saturated heterocycles. The number of aryl methyl sites for hydroxylation is 1. The lowest BCUT2D eigenvalue weighted by Gasteiger charge is -2.19. The van der Waals surface area contributed by atoms with Crippen LogP contribution in [0.25, 0.3) is 0 Å². The predicted octanol–water partition coefficient (Wildman–Crippen LogP) is 2.58. The molecule has 2 atom stereocenters. The van der Waals surface area contributed by atoms with Crippen LogP contribution < -0.4 is 5.73 Å². The van der Waals surface area contributed by atoms with Crippen molar-refractivity contribution in [3.8, 4) is 0 Å². The second-order valence-corrected chi connectivity index (χ2v) is 5.43. The zero-order valence-corrected chi connectivity index (χ0v) is 12.5. The first-order valence-corrected chi connectivity index (χ1v) is 6.49. The third-order valence-corrected chi connectivity index (χ3v) is 3.66. The lowest BCUT2D eigenvalue weighted by Crippen LogP contribution is -2.29. The van der Waals surface area contributed by atoms with E-state index in [9.17, 15) is 4.79 Å². The van der Waals surface area contributed by atoms with E-state index in [1.165, 1.54) is 5.56 Å². The Bertz CT molecular complexity index is 444. The van der Waals surface area contributed by atoms with Crippen molar-refractivity contribution in [1.82, 2.24) is 0 Å². The van der Waals surface area contributed by atoms with E-state index in [0.717, 1.165) is 12.0 Å². The normalized spacial score (nSPS) is 24.8. The number of esters is 1. The van der Waals surface area contributed by atoms with Gasteiger partial charge in [0.05, 0.1) is 11.5 Å². The molecule has 1 saturated carbocycles. The Morgan fingerprint density at radius 1 is 1.42 bits per heavy atom. The molecule has 4 heteroatoms. The Balaban J connectivity index is 0.00000180. The second-order valence-electron chi connectivity index (χ2n) is 5.43. The van der Waals surface area contributed by atoms with Crippen LogP contribution in [0, 0.1) is 12.8 Å². The highest BCUT2D eigenvalue weighted by molar-refractivity contribution is 5.87. The average molecular weight is 284 g/mol. The fraction of sp³-hybridized carbons (Fsp3) is 0.533. The number of carbonyl (C=O) groups is 1. The Labute approximate surface area is 120 Å². The number of hydrogen-bond donors (Lipinski definition) is 1. The van der Waals surface area contributed by atoms with Gasteiger partial charge in [0.15, 0.2) is 0 Å². The molecule has 2 N–H and O–H groups in total. The summed E-state index contributed by atoms with van der Waals surface area (Å²) < 4.78 is 5.40. The molecule has 0 heterocycles. The number of ether oxygens (including phenoxy) is 1. The van der Waals surface area contributed by atoms with E-state index in [0.29, 0.717) is 6.54 Å². The van der Waals surface area contributed by atoms with Gasteiger partial charge in [0.25, 0.3) is 0 Å². The maximum atomic E-state index is 12.3. The van der Waals surface area contributed by atoms with Crippen LogP contribution in [0.5, 0.6) is 0 Å². The second kappa shape index (κ2) is 5.93. The van der Waals surface area contributed by atoms with Crippen LogP contribution in [-0.2, 0) is 14.9 Å². The summed E-state index contributed by atoms with van der Waals surface area (Å²) in [5.74, 6) is 0.0864. The average Bonchev–Trinajstić information content (AvgIpc) is 3.05. The lowest BCUT2D eigenvalue weighted by molar-refractivity contribution is -0.151. The molecule has 1 aliphatic carbocycles. The number of hydrogen-bond acceptors (Lipinski definition) is 3. The first-order chi connectivity index (χ1) is 8.50. The number of rotatable bonds is 4. The van der Waals surface area contributed by atoms with Gasteiger partial charge in [-0.25, -0.2) is 0 Å². The largest absolute Gasteiger partial charge is 0.462 e. The summed E-state index contributed by atoms with van der Waals surface area (Å²) in [5.41, 5.74) is 7.47. The molecular weight excluding hydrogens is 262 g/mol.